The van der Waals surface area contributed by atoms with E-state index in [4.69, 9.17) is 19.4 Å². The second-order valence-electron chi connectivity index (χ2n) is 13.2. The molecule has 0 aliphatic carbocycles. The summed E-state index contributed by atoms with van der Waals surface area (Å²) in [7, 11) is 0. The molecule has 3 N–H and O–H groups in total. The van der Waals surface area contributed by atoms with Gasteiger partial charge in [0.15, 0.2) is 0 Å². The Kier molecular flexibility index (Phi) is 10.9. The smallest absolute Gasteiger partial charge is 0.276 e. The molecule has 2 aromatic carbocycles. The highest BCUT2D eigenvalue weighted by atomic mass is 16.5. The summed E-state index contributed by atoms with van der Waals surface area (Å²) in [5, 5.41) is 17.2. The van der Waals surface area contributed by atoms with E-state index >= 15 is 0 Å². The molecule has 4 aromatic heterocycles. The molecule has 0 bridgehead atoms. The lowest BCUT2D eigenvalue weighted by Gasteiger charge is -2.14. The number of benzene rings is 2. The molecule has 0 atom stereocenters. The van der Waals surface area contributed by atoms with Gasteiger partial charge in [0, 0.05) is 43.7 Å². The van der Waals surface area contributed by atoms with Gasteiger partial charge in [0.1, 0.15) is 46.5 Å². The van der Waals surface area contributed by atoms with Crippen molar-refractivity contribution in [1.29, 1.82) is 0 Å². The summed E-state index contributed by atoms with van der Waals surface area (Å²) in [6, 6.07) is 9.78. The quantitative estimate of drug-likeness (QED) is 0.133. The SMILES string of the molecule is CCn1nc(C)cc1C(=O)Nc1nc2cc(C=O)cc3c2n1C/C=C/Cn1c(NC(=O)c2cc(C)nn2CC)nc2cc(C(=O)NCC=O)cc(c21)OCCCO3. The number of aldehydes is 2. The highest BCUT2D eigenvalue weighted by molar-refractivity contribution is 6.05. The minimum atomic E-state index is -0.503. The molecule has 0 unspecified atom stereocenters. The fraction of sp³-hybridized carbons (Fsp3) is 0.308. The second-order valence-corrected chi connectivity index (χ2v) is 13.2. The molecule has 57 heavy (non-hydrogen) atoms. The number of rotatable bonds is 10. The number of nitrogens with one attached hydrogen (secondary N) is 3. The van der Waals surface area contributed by atoms with Gasteiger partial charge < -0.3 is 28.7 Å². The van der Waals surface area contributed by atoms with Crippen molar-refractivity contribution >= 4 is 64.3 Å². The van der Waals surface area contributed by atoms with Crippen molar-refractivity contribution in [3.63, 3.8) is 0 Å². The van der Waals surface area contributed by atoms with Gasteiger partial charge >= 0.3 is 0 Å². The van der Waals surface area contributed by atoms with Gasteiger partial charge in [-0.1, -0.05) is 12.2 Å². The molecule has 0 fully saturated rings. The molecule has 6 aromatic rings. The van der Waals surface area contributed by atoms with E-state index in [1.807, 2.05) is 32.9 Å². The van der Waals surface area contributed by atoms with Gasteiger partial charge in [0.25, 0.3) is 17.7 Å². The Morgan fingerprint density at radius 3 is 1.75 bits per heavy atom. The molecule has 5 heterocycles. The van der Waals surface area contributed by atoms with Crippen LogP contribution in [0.4, 0.5) is 11.9 Å². The van der Waals surface area contributed by atoms with Crippen LogP contribution in [0.2, 0.25) is 0 Å². The third-order valence-corrected chi connectivity index (χ3v) is 9.25. The summed E-state index contributed by atoms with van der Waals surface area (Å²) in [5.74, 6) is -0.210. The predicted molar refractivity (Wildman–Crippen MR) is 209 cm³/mol. The maximum absolute atomic E-state index is 13.7. The minimum Gasteiger partial charge on any atom is -0.491 e. The van der Waals surface area contributed by atoms with Crippen LogP contribution in [0.15, 0.2) is 48.6 Å². The van der Waals surface area contributed by atoms with E-state index < -0.39 is 17.7 Å². The number of carbonyl (C=O) groups is 5. The van der Waals surface area contributed by atoms with Crippen molar-refractivity contribution in [2.75, 3.05) is 30.4 Å². The van der Waals surface area contributed by atoms with Crippen LogP contribution in [0, 0.1) is 13.8 Å². The molecule has 7 rings (SSSR count). The van der Waals surface area contributed by atoms with Crippen molar-refractivity contribution in [3.05, 3.63) is 82.5 Å². The first-order valence-corrected chi connectivity index (χ1v) is 18.5. The zero-order valence-electron chi connectivity index (χ0n) is 31.9. The molecule has 0 saturated carbocycles. The van der Waals surface area contributed by atoms with E-state index in [1.54, 1.807) is 61.8 Å². The lowest BCUT2D eigenvalue weighted by molar-refractivity contribution is -0.107. The van der Waals surface area contributed by atoms with E-state index in [0.29, 0.717) is 94.0 Å². The zero-order valence-corrected chi connectivity index (χ0v) is 31.9. The van der Waals surface area contributed by atoms with Crippen LogP contribution in [0.1, 0.15) is 73.3 Å². The van der Waals surface area contributed by atoms with Crippen LogP contribution in [-0.4, -0.2) is 88.7 Å². The Hall–Kier alpha value is -7.11. The molecule has 18 nitrogen and oxygen atoms in total. The number of carbonyl (C=O) groups excluding carboxylic acids is 5. The lowest BCUT2D eigenvalue weighted by Crippen LogP contribution is -2.25. The first-order chi connectivity index (χ1) is 27.6. The van der Waals surface area contributed by atoms with Gasteiger partial charge in [-0.05, 0) is 64.1 Å². The van der Waals surface area contributed by atoms with Gasteiger partial charge in [-0.3, -0.25) is 39.2 Å². The number of imidazole rings is 2. The third kappa shape index (κ3) is 7.73. The summed E-state index contributed by atoms with van der Waals surface area (Å²) in [6.07, 6.45) is 5.39. The third-order valence-electron chi connectivity index (χ3n) is 9.25. The second kappa shape index (κ2) is 16.3. The average molecular weight is 776 g/mol. The summed E-state index contributed by atoms with van der Waals surface area (Å²) in [6.45, 7) is 8.90. The number of ether oxygens (including phenoxy) is 2. The summed E-state index contributed by atoms with van der Waals surface area (Å²) < 4.78 is 19.3. The Balaban J connectivity index is 1.31. The number of aryl methyl sites for hydroxylation is 4. The number of nitrogens with zero attached hydrogens (tertiary/aromatic N) is 8. The Labute approximate surface area is 325 Å². The molecule has 3 amide bonds. The number of allylic oxidation sites excluding steroid dienone is 2. The van der Waals surface area contributed by atoms with Gasteiger partial charge in [0.2, 0.25) is 11.9 Å². The topological polar surface area (TPSA) is 211 Å². The first kappa shape index (κ1) is 38.2. The maximum atomic E-state index is 13.7. The standard InChI is InChI=1S/C39H41N11O7/c1-5-49-29(16-23(3)45-49)36(54)43-38-41-27-18-25(22-52)19-31-33(27)47(38)11-7-8-12-48-34-28(42-39(48)44-37(55)30-17-24(4)46-50(30)6-2)20-26(35(53)40-10-13-51)21-32(34)57-15-9-14-56-31/h7-8,13,16-22H,5-6,9-12,14-15H2,1-4H3,(H,40,53)(H,41,43,54)(H,42,44,55)/b8-7+. The van der Waals surface area contributed by atoms with Crippen molar-refractivity contribution in [3.8, 4) is 11.5 Å². The maximum Gasteiger partial charge on any atom is 0.276 e. The number of hydrogen-bond donors (Lipinski definition) is 3. The summed E-state index contributed by atoms with van der Waals surface area (Å²) in [4.78, 5) is 72.9. The first-order valence-electron chi connectivity index (χ1n) is 18.5. The normalized spacial score (nSPS) is 13.5. The molecule has 1 aliphatic rings. The minimum absolute atomic E-state index is 0.147. The summed E-state index contributed by atoms with van der Waals surface area (Å²) >= 11 is 0. The predicted octanol–water partition coefficient (Wildman–Crippen LogP) is 4.10. The van der Waals surface area contributed by atoms with Gasteiger partial charge in [-0.2, -0.15) is 10.2 Å². The molecule has 0 spiro atoms. The summed E-state index contributed by atoms with van der Waals surface area (Å²) in [5.41, 5.74) is 4.52. The number of aromatic nitrogens is 8. The number of anilines is 2. The fourth-order valence-electron chi connectivity index (χ4n) is 6.74. The number of hydrogen-bond acceptors (Lipinski definition) is 11. The van der Waals surface area contributed by atoms with Crippen molar-refractivity contribution in [2.45, 2.75) is 60.3 Å². The van der Waals surface area contributed by atoms with Crippen LogP contribution in [0.5, 0.6) is 11.5 Å². The Morgan fingerprint density at radius 1 is 0.719 bits per heavy atom. The highest BCUT2D eigenvalue weighted by Gasteiger charge is 2.24. The van der Waals surface area contributed by atoms with Crippen molar-refractivity contribution < 1.29 is 33.4 Å². The van der Waals surface area contributed by atoms with Crippen LogP contribution in [0.3, 0.4) is 0 Å². The number of amides is 3. The van der Waals surface area contributed by atoms with E-state index in [0.717, 1.165) is 0 Å². The Morgan fingerprint density at radius 2 is 1.25 bits per heavy atom. The van der Waals surface area contributed by atoms with Crippen molar-refractivity contribution in [2.24, 2.45) is 0 Å². The van der Waals surface area contributed by atoms with Crippen LogP contribution in [-0.2, 0) is 31.0 Å². The van der Waals surface area contributed by atoms with Gasteiger partial charge in [-0.25, -0.2) is 9.97 Å². The van der Waals surface area contributed by atoms with E-state index in [-0.39, 0.29) is 50.3 Å². The fourth-order valence-corrected chi connectivity index (χ4v) is 6.74. The van der Waals surface area contributed by atoms with Gasteiger partial charge in [-0.15, -0.1) is 0 Å². The molecule has 18 heteroatoms. The Bertz CT molecular complexity index is 2580. The van der Waals surface area contributed by atoms with Crippen LogP contribution in [0.25, 0.3) is 22.1 Å². The molecule has 0 radical (unpaired) electrons. The molecular formula is C39H41N11O7. The van der Waals surface area contributed by atoms with Crippen LogP contribution >= 0.6 is 0 Å². The van der Waals surface area contributed by atoms with E-state index in [9.17, 15) is 24.0 Å². The molecular weight excluding hydrogens is 734 g/mol. The largest absolute Gasteiger partial charge is 0.491 e. The van der Waals surface area contributed by atoms with Crippen LogP contribution < -0.4 is 25.4 Å². The zero-order chi connectivity index (χ0) is 40.2. The van der Waals surface area contributed by atoms with Crippen molar-refractivity contribution in [1.82, 2.24) is 44.0 Å². The molecule has 0 saturated heterocycles. The average Bonchev–Trinajstić information content (AvgIpc) is 3.96. The van der Waals surface area contributed by atoms with Gasteiger partial charge in [0.05, 0.1) is 42.2 Å². The van der Waals surface area contributed by atoms with E-state index in [1.165, 1.54) is 0 Å². The molecule has 1 aliphatic heterocycles. The van der Waals surface area contributed by atoms with E-state index in [2.05, 4.69) is 26.1 Å². The molecule has 294 valence electrons. The highest BCUT2D eigenvalue weighted by Crippen LogP contribution is 2.33. The monoisotopic (exact) mass is 775 g/mol. The lowest BCUT2D eigenvalue weighted by atomic mass is 10.1.